The number of alkyl halides is 1. The van der Waals surface area contributed by atoms with E-state index in [2.05, 4.69) is 20.9 Å². The minimum absolute atomic E-state index is 0.771. The Morgan fingerprint density at radius 1 is 1.43 bits per heavy atom. The summed E-state index contributed by atoms with van der Waals surface area (Å²) in [5, 5.41) is 1.55. The summed E-state index contributed by atoms with van der Waals surface area (Å²) in [7, 11) is 0. The quantitative estimate of drug-likeness (QED) is 0.765. The zero-order valence-electron chi connectivity index (χ0n) is 7.32. The lowest BCUT2D eigenvalue weighted by Gasteiger charge is -2.05. The first-order chi connectivity index (χ1) is 6.81. The fraction of sp³-hybridized carbons (Fsp3) is 0.100. The smallest absolute Gasteiger partial charge is 0.0991 e. The van der Waals surface area contributed by atoms with Gasteiger partial charge in [-0.3, -0.25) is 0 Å². The molecule has 14 heavy (non-hydrogen) atoms. The molecule has 1 aromatic heterocycles. The molecule has 0 aliphatic heterocycles. The summed E-state index contributed by atoms with van der Waals surface area (Å²) in [5.74, 6) is 0. The molecule has 0 unspecified atom stereocenters. The highest BCUT2D eigenvalue weighted by Crippen LogP contribution is 2.21. The highest BCUT2D eigenvalue weighted by atomic mass is 79.9. The maximum Gasteiger partial charge on any atom is 0.0991 e. The molecule has 1 aromatic carbocycles. The highest BCUT2D eigenvalue weighted by Gasteiger charge is 2.01. The van der Waals surface area contributed by atoms with Gasteiger partial charge in [0.05, 0.1) is 6.33 Å². The Balaban J connectivity index is 2.43. The Hall–Kier alpha value is -0.800. The van der Waals surface area contributed by atoms with Gasteiger partial charge in [0.1, 0.15) is 0 Å². The van der Waals surface area contributed by atoms with E-state index >= 15 is 0 Å². The van der Waals surface area contributed by atoms with Crippen LogP contribution >= 0.6 is 27.5 Å². The molecule has 2 nitrogen and oxygen atoms in total. The average Bonchev–Trinajstić information content (AvgIpc) is 2.70. The molecule has 0 aliphatic rings. The van der Waals surface area contributed by atoms with Gasteiger partial charge in [-0.1, -0.05) is 33.6 Å². The number of rotatable bonds is 2. The van der Waals surface area contributed by atoms with Crippen molar-refractivity contribution in [1.29, 1.82) is 0 Å². The molecule has 0 spiro atoms. The number of hydrogen-bond donors (Lipinski definition) is 0. The van der Waals surface area contributed by atoms with Gasteiger partial charge < -0.3 is 4.57 Å². The molecule has 0 N–H and O–H groups in total. The van der Waals surface area contributed by atoms with Crippen molar-refractivity contribution in [2.45, 2.75) is 5.33 Å². The van der Waals surface area contributed by atoms with E-state index in [1.54, 1.807) is 12.5 Å². The highest BCUT2D eigenvalue weighted by molar-refractivity contribution is 9.08. The molecule has 0 saturated heterocycles. The Bertz CT molecular complexity index is 426. The van der Waals surface area contributed by atoms with Crippen LogP contribution in [0.1, 0.15) is 5.56 Å². The van der Waals surface area contributed by atoms with Crippen molar-refractivity contribution in [3.63, 3.8) is 0 Å². The van der Waals surface area contributed by atoms with E-state index < -0.39 is 0 Å². The number of nitrogens with zero attached hydrogens (tertiary/aromatic N) is 2. The second kappa shape index (κ2) is 4.15. The lowest BCUT2D eigenvalue weighted by atomic mass is 10.2. The number of imidazole rings is 1. The van der Waals surface area contributed by atoms with E-state index in [0.29, 0.717) is 0 Å². The average molecular weight is 272 g/mol. The first-order valence-electron chi connectivity index (χ1n) is 4.14. The molecule has 2 rings (SSSR count). The normalized spacial score (nSPS) is 10.4. The molecule has 0 amide bonds. The molecule has 4 heteroatoms. The third-order valence-electron chi connectivity index (χ3n) is 1.98. The number of halogens is 2. The zero-order valence-corrected chi connectivity index (χ0v) is 9.66. The summed E-state index contributed by atoms with van der Waals surface area (Å²) in [6.07, 6.45) is 5.38. The van der Waals surface area contributed by atoms with Gasteiger partial charge in [0.2, 0.25) is 0 Å². The second-order valence-corrected chi connectivity index (χ2v) is 3.85. The van der Waals surface area contributed by atoms with Crippen molar-refractivity contribution < 1.29 is 0 Å². The van der Waals surface area contributed by atoms with E-state index in [0.717, 1.165) is 21.6 Å². The first kappa shape index (κ1) is 9.74. The summed E-state index contributed by atoms with van der Waals surface area (Å²) >= 11 is 9.46. The van der Waals surface area contributed by atoms with Gasteiger partial charge in [-0.15, -0.1) is 0 Å². The van der Waals surface area contributed by atoms with Crippen LogP contribution in [0.25, 0.3) is 5.69 Å². The minimum atomic E-state index is 0.771. The maximum atomic E-state index is 6.08. The molecule has 0 fully saturated rings. The molecule has 0 radical (unpaired) electrons. The molecule has 0 bridgehead atoms. The van der Waals surface area contributed by atoms with E-state index in [9.17, 15) is 0 Å². The largest absolute Gasteiger partial charge is 0.306 e. The predicted molar refractivity (Wildman–Crippen MR) is 61.2 cm³/mol. The van der Waals surface area contributed by atoms with Crippen LogP contribution in [0.3, 0.4) is 0 Å². The van der Waals surface area contributed by atoms with Gasteiger partial charge >= 0.3 is 0 Å². The topological polar surface area (TPSA) is 17.8 Å². The van der Waals surface area contributed by atoms with E-state index in [1.165, 1.54) is 0 Å². The van der Waals surface area contributed by atoms with Crippen molar-refractivity contribution >= 4 is 27.5 Å². The standard InChI is InChI=1S/C10H8BrClN2/c11-6-8-1-2-9(5-10(8)12)14-4-3-13-7-14/h1-5,7H,6H2. The number of benzene rings is 1. The third kappa shape index (κ3) is 1.83. The molecule has 0 aliphatic carbocycles. The Kier molecular flexibility index (Phi) is 2.89. The summed E-state index contributed by atoms with van der Waals surface area (Å²) < 4.78 is 1.92. The van der Waals surface area contributed by atoms with Crippen LogP contribution in [-0.4, -0.2) is 9.55 Å². The van der Waals surface area contributed by atoms with Gasteiger partial charge in [-0.25, -0.2) is 4.98 Å². The molecule has 1 heterocycles. The molecule has 0 saturated carbocycles. The molecule has 2 aromatic rings. The molecule has 72 valence electrons. The van der Waals surface area contributed by atoms with E-state index in [-0.39, 0.29) is 0 Å². The number of hydrogen-bond acceptors (Lipinski definition) is 1. The molecular formula is C10H8BrClN2. The Morgan fingerprint density at radius 2 is 2.29 bits per heavy atom. The molecule has 0 atom stereocenters. The lowest BCUT2D eigenvalue weighted by Crippen LogP contribution is -1.90. The van der Waals surface area contributed by atoms with Crippen molar-refractivity contribution in [2.24, 2.45) is 0 Å². The third-order valence-corrected chi connectivity index (χ3v) is 2.94. The van der Waals surface area contributed by atoms with Crippen LogP contribution < -0.4 is 0 Å². The lowest BCUT2D eigenvalue weighted by molar-refractivity contribution is 1.05. The van der Waals surface area contributed by atoms with Crippen molar-refractivity contribution in [2.75, 3.05) is 0 Å². The fourth-order valence-electron chi connectivity index (χ4n) is 1.22. The minimum Gasteiger partial charge on any atom is -0.306 e. The van der Waals surface area contributed by atoms with Gasteiger partial charge in [0, 0.05) is 28.4 Å². The van der Waals surface area contributed by atoms with Crippen molar-refractivity contribution in [3.05, 3.63) is 47.5 Å². The van der Waals surface area contributed by atoms with Crippen LogP contribution in [-0.2, 0) is 5.33 Å². The predicted octanol–water partition coefficient (Wildman–Crippen LogP) is 3.42. The summed E-state index contributed by atoms with van der Waals surface area (Å²) in [4.78, 5) is 3.98. The monoisotopic (exact) mass is 270 g/mol. The summed E-state index contributed by atoms with van der Waals surface area (Å²) in [5.41, 5.74) is 2.12. The van der Waals surface area contributed by atoms with Crippen LogP contribution in [0.15, 0.2) is 36.9 Å². The summed E-state index contributed by atoms with van der Waals surface area (Å²) in [6, 6.07) is 5.95. The first-order valence-corrected chi connectivity index (χ1v) is 5.64. The van der Waals surface area contributed by atoms with Crippen LogP contribution in [0.4, 0.5) is 0 Å². The molecular weight excluding hydrogens is 263 g/mol. The second-order valence-electron chi connectivity index (χ2n) is 2.88. The van der Waals surface area contributed by atoms with Crippen LogP contribution in [0.2, 0.25) is 5.02 Å². The van der Waals surface area contributed by atoms with E-state index in [1.807, 2.05) is 29.0 Å². The Labute approximate surface area is 95.7 Å². The van der Waals surface area contributed by atoms with Gasteiger partial charge in [-0.05, 0) is 17.7 Å². The van der Waals surface area contributed by atoms with E-state index in [4.69, 9.17) is 11.6 Å². The van der Waals surface area contributed by atoms with Gasteiger partial charge in [0.15, 0.2) is 0 Å². The zero-order chi connectivity index (χ0) is 9.97. The van der Waals surface area contributed by atoms with Crippen LogP contribution in [0.5, 0.6) is 0 Å². The maximum absolute atomic E-state index is 6.08. The number of aromatic nitrogens is 2. The fourth-order valence-corrected chi connectivity index (χ4v) is 2.11. The van der Waals surface area contributed by atoms with Crippen molar-refractivity contribution in [3.8, 4) is 5.69 Å². The Morgan fingerprint density at radius 3 is 2.86 bits per heavy atom. The summed E-state index contributed by atoms with van der Waals surface area (Å²) in [6.45, 7) is 0. The van der Waals surface area contributed by atoms with Crippen molar-refractivity contribution in [1.82, 2.24) is 9.55 Å². The van der Waals surface area contributed by atoms with Gasteiger partial charge in [-0.2, -0.15) is 0 Å². The van der Waals surface area contributed by atoms with Crippen LogP contribution in [0, 0.1) is 0 Å². The SMILES string of the molecule is Clc1cc(-n2ccnc2)ccc1CBr. The van der Waals surface area contributed by atoms with Gasteiger partial charge in [0.25, 0.3) is 0 Å².